The lowest BCUT2D eigenvalue weighted by Crippen LogP contribution is -2.15. The molecule has 0 saturated heterocycles. The van der Waals surface area contributed by atoms with Crippen LogP contribution >= 0.6 is 0 Å². The van der Waals surface area contributed by atoms with Gasteiger partial charge in [0.25, 0.3) is 0 Å². The van der Waals surface area contributed by atoms with Gasteiger partial charge in [-0.3, -0.25) is 0 Å². The van der Waals surface area contributed by atoms with Crippen molar-refractivity contribution in [1.82, 2.24) is 4.90 Å². The molecule has 0 aromatic rings. The SMILES string of the molecule is CCC#CC1=CC=CN(C)C1. The summed E-state index contributed by atoms with van der Waals surface area (Å²) in [6.45, 7) is 3.01. The Balaban J connectivity index is 2.59. The van der Waals surface area contributed by atoms with Crippen LogP contribution in [0.15, 0.2) is 23.9 Å². The molecule has 0 spiro atoms. The maximum absolute atomic E-state index is 3.12. The van der Waals surface area contributed by atoms with Gasteiger partial charge >= 0.3 is 0 Å². The molecule has 11 heavy (non-hydrogen) atoms. The molecule has 0 unspecified atom stereocenters. The number of hydrogen-bond donors (Lipinski definition) is 0. The molecular formula is C10H13N. The Kier molecular flexibility index (Phi) is 2.80. The van der Waals surface area contributed by atoms with Gasteiger partial charge in [-0.1, -0.05) is 18.8 Å². The second kappa shape index (κ2) is 3.88. The molecule has 0 bridgehead atoms. The number of rotatable bonds is 0. The highest BCUT2D eigenvalue weighted by Crippen LogP contribution is 2.03. The lowest BCUT2D eigenvalue weighted by Gasteiger charge is -2.16. The van der Waals surface area contributed by atoms with E-state index in [4.69, 9.17) is 0 Å². The third-order valence-electron chi connectivity index (χ3n) is 1.48. The number of allylic oxidation sites excluding steroid dienone is 2. The highest BCUT2D eigenvalue weighted by molar-refractivity contribution is 5.35. The maximum Gasteiger partial charge on any atom is 0.0499 e. The summed E-state index contributed by atoms with van der Waals surface area (Å²) in [5.74, 6) is 6.18. The highest BCUT2D eigenvalue weighted by atomic mass is 15.1. The predicted octanol–water partition coefficient (Wildman–Crippen LogP) is 1.79. The monoisotopic (exact) mass is 147 g/mol. The molecule has 0 aliphatic carbocycles. The van der Waals surface area contributed by atoms with Gasteiger partial charge in [0.15, 0.2) is 0 Å². The molecular weight excluding hydrogens is 134 g/mol. The summed E-state index contributed by atoms with van der Waals surface area (Å²) in [7, 11) is 2.05. The minimum absolute atomic E-state index is 0.935. The lowest BCUT2D eigenvalue weighted by molar-refractivity contribution is 0.497. The maximum atomic E-state index is 3.12. The van der Waals surface area contributed by atoms with Crippen molar-refractivity contribution in [3.63, 3.8) is 0 Å². The van der Waals surface area contributed by atoms with Gasteiger partial charge in [-0.25, -0.2) is 0 Å². The van der Waals surface area contributed by atoms with Crippen LogP contribution in [0.3, 0.4) is 0 Å². The van der Waals surface area contributed by atoms with Crippen LogP contribution in [-0.4, -0.2) is 18.5 Å². The smallest absolute Gasteiger partial charge is 0.0499 e. The topological polar surface area (TPSA) is 3.24 Å². The van der Waals surface area contributed by atoms with E-state index in [0.29, 0.717) is 0 Å². The third kappa shape index (κ3) is 2.51. The van der Waals surface area contributed by atoms with E-state index in [0.717, 1.165) is 13.0 Å². The Bertz CT molecular complexity index is 237. The predicted molar refractivity (Wildman–Crippen MR) is 47.9 cm³/mol. The van der Waals surface area contributed by atoms with Crippen LogP contribution in [0.1, 0.15) is 13.3 Å². The summed E-state index contributed by atoms with van der Waals surface area (Å²) in [5.41, 5.74) is 1.21. The Labute approximate surface area is 68.4 Å². The molecule has 1 rings (SSSR count). The van der Waals surface area contributed by atoms with Gasteiger partial charge in [0.2, 0.25) is 0 Å². The fourth-order valence-corrected chi connectivity index (χ4v) is 0.963. The minimum Gasteiger partial charge on any atom is -0.375 e. The van der Waals surface area contributed by atoms with E-state index >= 15 is 0 Å². The van der Waals surface area contributed by atoms with Crippen molar-refractivity contribution in [2.75, 3.05) is 13.6 Å². The van der Waals surface area contributed by atoms with E-state index in [1.807, 2.05) is 6.08 Å². The van der Waals surface area contributed by atoms with Crippen molar-refractivity contribution in [3.8, 4) is 11.8 Å². The molecule has 0 aromatic carbocycles. The average Bonchev–Trinajstić information content (AvgIpc) is 2.01. The van der Waals surface area contributed by atoms with Crippen LogP contribution in [0.2, 0.25) is 0 Å². The van der Waals surface area contributed by atoms with Gasteiger partial charge in [-0.2, -0.15) is 0 Å². The molecule has 1 heterocycles. The highest BCUT2D eigenvalue weighted by Gasteiger charge is 1.98. The van der Waals surface area contributed by atoms with Crippen LogP contribution in [0.4, 0.5) is 0 Å². The molecule has 0 N–H and O–H groups in total. The summed E-state index contributed by atoms with van der Waals surface area (Å²) in [5, 5.41) is 0. The van der Waals surface area contributed by atoms with Gasteiger partial charge in [-0.05, 0) is 18.4 Å². The van der Waals surface area contributed by atoms with E-state index < -0.39 is 0 Å². The van der Waals surface area contributed by atoms with Crippen LogP contribution in [-0.2, 0) is 0 Å². The Morgan fingerprint density at radius 2 is 2.45 bits per heavy atom. The Morgan fingerprint density at radius 1 is 1.64 bits per heavy atom. The summed E-state index contributed by atoms with van der Waals surface area (Å²) in [4.78, 5) is 2.12. The van der Waals surface area contributed by atoms with Gasteiger partial charge in [0.1, 0.15) is 0 Å². The van der Waals surface area contributed by atoms with Gasteiger partial charge in [-0.15, -0.1) is 0 Å². The molecule has 0 aromatic heterocycles. The van der Waals surface area contributed by atoms with Crippen LogP contribution in [0.5, 0.6) is 0 Å². The summed E-state index contributed by atoms with van der Waals surface area (Å²) < 4.78 is 0. The normalized spacial score (nSPS) is 15.5. The molecule has 1 nitrogen and oxygen atoms in total. The molecule has 1 aliphatic rings. The zero-order valence-electron chi connectivity index (χ0n) is 7.09. The van der Waals surface area contributed by atoms with E-state index in [-0.39, 0.29) is 0 Å². The second-order valence-corrected chi connectivity index (χ2v) is 2.60. The first kappa shape index (κ1) is 7.94. The molecule has 1 heteroatoms. The van der Waals surface area contributed by atoms with Crippen molar-refractivity contribution in [2.24, 2.45) is 0 Å². The van der Waals surface area contributed by atoms with E-state index in [1.54, 1.807) is 0 Å². The van der Waals surface area contributed by atoms with Crippen LogP contribution < -0.4 is 0 Å². The quantitative estimate of drug-likeness (QED) is 0.472. The summed E-state index contributed by atoms with van der Waals surface area (Å²) >= 11 is 0. The molecule has 0 fully saturated rings. The fourth-order valence-electron chi connectivity index (χ4n) is 0.963. The third-order valence-corrected chi connectivity index (χ3v) is 1.48. The Hall–Kier alpha value is -1.16. The average molecular weight is 147 g/mol. The van der Waals surface area contributed by atoms with Crippen molar-refractivity contribution < 1.29 is 0 Å². The number of hydrogen-bond acceptors (Lipinski definition) is 1. The summed E-state index contributed by atoms with van der Waals surface area (Å²) in [6, 6.07) is 0. The first-order valence-corrected chi connectivity index (χ1v) is 3.89. The standard InChI is InChI=1S/C10H13N/c1-3-4-6-10-7-5-8-11(2)9-10/h5,7-8H,3,9H2,1-2H3. The zero-order valence-corrected chi connectivity index (χ0v) is 7.09. The molecule has 0 radical (unpaired) electrons. The summed E-state index contributed by atoms with van der Waals surface area (Å²) in [6.07, 6.45) is 7.09. The first-order chi connectivity index (χ1) is 5.33. The van der Waals surface area contributed by atoms with Crippen molar-refractivity contribution in [3.05, 3.63) is 23.9 Å². The number of likely N-dealkylation sites (N-methyl/N-ethyl adjacent to an activating group) is 1. The molecule has 1 aliphatic heterocycles. The van der Waals surface area contributed by atoms with Crippen LogP contribution in [0.25, 0.3) is 0 Å². The van der Waals surface area contributed by atoms with Gasteiger partial charge in [0, 0.05) is 25.6 Å². The molecule has 0 saturated carbocycles. The van der Waals surface area contributed by atoms with Gasteiger partial charge < -0.3 is 4.90 Å². The fraction of sp³-hybridized carbons (Fsp3) is 0.400. The van der Waals surface area contributed by atoms with Crippen molar-refractivity contribution >= 4 is 0 Å². The molecule has 0 amide bonds. The zero-order chi connectivity index (χ0) is 8.10. The number of nitrogens with zero attached hydrogens (tertiary/aromatic N) is 1. The second-order valence-electron chi connectivity index (χ2n) is 2.60. The lowest BCUT2D eigenvalue weighted by atomic mass is 10.2. The molecule has 58 valence electrons. The first-order valence-electron chi connectivity index (χ1n) is 3.89. The van der Waals surface area contributed by atoms with Crippen molar-refractivity contribution in [1.29, 1.82) is 0 Å². The van der Waals surface area contributed by atoms with E-state index in [9.17, 15) is 0 Å². The molecule has 0 atom stereocenters. The minimum atomic E-state index is 0.935. The van der Waals surface area contributed by atoms with Gasteiger partial charge in [0.05, 0.1) is 0 Å². The van der Waals surface area contributed by atoms with E-state index in [2.05, 4.69) is 43.0 Å². The Morgan fingerprint density at radius 3 is 3.09 bits per heavy atom. The van der Waals surface area contributed by atoms with Crippen molar-refractivity contribution in [2.45, 2.75) is 13.3 Å². The van der Waals surface area contributed by atoms with E-state index in [1.165, 1.54) is 5.57 Å². The largest absolute Gasteiger partial charge is 0.375 e. The van der Waals surface area contributed by atoms with Crippen LogP contribution in [0, 0.1) is 11.8 Å².